The first-order chi connectivity index (χ1) is 16.0. The van der Waals surface area contributed by atoms with Gasteiger partial charge in [0.1, 0.15) is 17.4 Å². The first kappa shape index (κ1) is 23.5. The predicted molar refractivity (Wildman–Crippen MR) is 121 cm³/mol. The molecule has 0 spiro atoms. The Bertz CT molecular complexity index is 1240. The van der Waals surface area contributed by atoms with Gasteiger partial charge in [-0.1, -0.05) is 6.07 Å². The number of carbonyl (C=O) groups is 1. The molecule has 0 unspecified atom stereocenters. The van der Waals surface area contributed by atoms with Crippen LogP contribution in [0.5, 0.6) is 0 Å². The third-order valence-electron chi connectivity index (χ3n) is 6.02. The summed E-state index contributed by atoms with van der Waals surface area (Å²) in [5.74, 6) is 0.954. The van der Waals surface area contributed by atoms with Crippen LogP contribution in [-0.4, -0.2) is 43.7 Å². The van der Waals surface area contributed by atoms with E-state index in [0.717, 1.165) is 23.0 Å². The summed E-state index contributed by atoms with van der Waals surface area (Å²) in [4.78, 5) is 26.5. The maximum absolute atomic E-state index is 12.7. The van der Waals surface area contributed by atoms with Gasteiger partial charge < -0.3 is 15.5 Å². The van der Waals surface area contributed by atoms with Crippen molar-refractivity contribution in [1.29, 1.82) is 0 Å². The van der Waals surface area contributed by atoms with Crippen molar-refractivity contribution >= 4 is 23.4 Å². The van der Waals surface area contributed by atoms with Crippen LogP contribution in [0, 0.1) is 20.8 Å². The average Bonchev–Trinajstić information content (AvgIpc) is 3.03. The zero-order valence-corrected chi connectivity index (χ0v) is 19.4. The number of nitrogens with zero attached hydrogens (tertiary/aromatic N) is 6. The van der Waals surface area contributed by atoms with E-state index in [1.807, 2.05) is 27.8 Å². The summed E-state index contributed by atoms with van der Waals surface area (Å²) in [6.45, 7) is 8.09. The van der Waals surface area contributed by atoms with Crippen LogP contribution in [0.1, 0.15) is 40.8 Å². The quantitative estimate of drug-likeness (QED) is 0.584. The minimum Gasteiger partial charge on any atom is -0.350 e. The molecule has 0 saturated carbocycles. The van der Waals surface area contributed by atoms with Gasteiger partial charge in [-0.05, 0) is 39.3 Å². The molecule has 0 radical (unpaired) electrons. The third kappa shape index (κ3) is 4.39. The van der Waals surface area contributed by atoms with Crippen LogP contribution in [0.15, 0.2) is 18.3 Å². The highest BCUT2D eigenvalue weighted by Crippen LogP contribution is 2.32. The van der Waals surface area contributed by atoms with E-state index in [2.05, 4.69) is 30.7 Å². The summed E-state index contributed by atoms with van der Waals surface area (Å²) in [5, 5.41) is 10.6. The van der Waals surface area contributed by atoms with Gasteiger partial charge in [-0.15, -0.1) is 0 Å². The molecule has 180 valence electrons. The highest BCUT2D eigenvalue weighted by Gasteiger charge is 2.32. The molecule has 0 fully saturated rings. The topological polar surface area (TPSA) is 101 Å². The van der Waals surface area contributed by atoms with Gasteiger partial charge in [-0.2, -0.15) is 23.3 Å². The van der Waals surface area contributed by atoms with E-state index >= 15 is 0 Å². The molecule has 2 N–H and O–H groups in total. The second-order valence-electron chi connectivity index (χ2n) is 8.32. The Hall–Kier alpha value is -3.70. The van der Waals surface area contributed by atoms with Gasteiger partial charge in [0.05, 0.1) is 17.9 Å². The number of aryl methyl sites for hydroxylation is 2. The lowest BCUT2D eigenvalue weighted by molar-refractivity contribution is -0.141. The Morgan fingerprint density at radius 3 is 2.53 bits per heavy atom. The van der Waals surface area contributed by atoms with Gasteiger partial charge in [0.15, 0.2) is 5.82 Å². The molecule has 4 heterocycles. The van der Waals surface area contributed by atoms with E-state index in [4.69, 9.17) is 0 Å². The van der Waals surface area contributed by atoms with Gasteiger partial charge >= 0.3 is 6.18 Å². The Labute approximate surface area is 194 Å². The molecule has 4 rings (SSSR count). The maximum Gasteiger partial charge on any atom is 0.433 e. The number of hydrogen-bond donors (Lipinski definition) is 2. The Kier molecular flexibility index (Phi) is 5.92. The number of anilines is 3. The minimum absolute atomic E-state index is 0.107. The molecule has 3 aromatic rings. The number of hydrogen-bond acceptors (Lipinski definition) is 7. The summed E-state index contributed by atoms with van der Waals surface area (Å²) in [6.07, 6.45) is -3.25. The maximum atomic E-state index is 12.7. The fourth-order valence-electron chi connectivity index (χ4n) is 3.80. The molecule has 12 heteroatoms. The zero-order valence-electron chi connectivity index (χ0n) is 19.4. The largest absolute Gasteiger partial charge is 0.433 e. The Morgan fingerprint density at radius 2 is 1.88 bits per heavy atom. The summed E-state index contributed by atoms with van der Waals surface area (Å²) in [7, 11) is 1.81. The molecule has 34 heavy (non-hydrogen) atoms. The molecular formula is C22H25F3N8O. The second kappa shape index (κ2) is 8.58. The highest BCUT2D eigenvalue weighted by atomic mass is 19.4. The predicted octanol–water partition coefficient (Wildman–Crippen LogP) is 3.45. The van der Waals surface area contributed by atoms with E-state index < -0.39 is 11.9 Å². The fraction of sp³-hybridized carbons (Fsp3) is 0.409. The van der Waals surface area contributed by atoms with Crippen molar-refractivity contribution in [3.63, 3.8) is 0 Å². The van der Waals surface area contributed by atoms with Crippen LogP contribution < -0.4 is 15.5 Å². The van der Waals surface area contributed by atoms with Gasteiger partial charge in [0, 0.05) is 31.0 Å². The minimum atomic E-state index is -4.47. The monoisotopic (exact) mass is 474 g/mol. The van der Waals surface area contributed by atoms with Crippen molar-refractivity contribution in [3.05, 3.63) is 52.2 Å². The summed E-state index contributed by atoms with van der Waals surface area (Å²) < 4.78 is 40.0. The fourth-order valence-corrected chi connectivity index (χ4v) is 3.80. The van der Waals surface area contributed by atoms with Crippen molar-refractivity contribution in [2.75, 3.05) is 22.6 Å². The number of carbonyl (C=O) groups excluding carboxylic acids is 1. The number of halogens is 3. The lowest BCUT2D eigenvalue weighted by atomic mass is 10.2. The molecule has 0 aliphatic carbocycles. The summed E-state index contributed by atoms with van der Waals surface area (Å²) in [6, 6.07) is 2.03. The van der Waals surface area contributed by atoms with Crippen LogP contribution in [0.3, 0.4) is 0 Å². The standard InChI is InChI=1S/C22H25F3N8O/c1-11-16(13(3)33(31-11)10-15-6-7-17(26-8-15)22(23,24)25)9-27-21-28-12(2)18-19(30-21)32(5)14(4)20(34)29-18/h6-8,14H,9-10H2,1-5H3,(H,29,34)(H,27,28,30)/t14-/m0/s1. The number of likely N-dealkylation sites (N-methyl/N-ethyl adjacent to an activating group) is 1. The van der Waals surface area contributed by atoms with Crippen LogP contribution in [-0.2, 0) is 24.1 Å². The number of fused-ring (bicyclic) bond motifs is 1. The average molecular weight is 474 g/mol. The van der Waals surface area contributed by atoms with Gasteiger partial charge in [0.25, 0.3) is 0 Å². The molecule has 0 aromatic carbocycles. The van der Waals surface area contributed by atoms with E-state index in [0.29, 0.717) is 41.8 Å². The van der Waals surface area contributed by atoms with E-state index in [9.17, 15) is 18.0 Å². The lowest BCUT2D eigenvalue weighted by Crippen LogP contribution is -2.44. The molecule has 3 aromatic heterocycles. The molecule has 1 amide bonds. The van der Waals surface area contributed by atoms with Gasteiger partial charge in [-0.25, -0.2) is 4.98 Å². The number of rotatable bonds is 5. The Balaban J connectivity index is 1.51. The third-order valence-corrected chi connectivity index (χ3v) is 6.02. The summed E-state index contributed by atoms with van der Waals surface area (Å²) >= 11 is 0. The zero-order chi connectivity index (χ0) is 24.8. The van der Waals surface area contributed by atoms with Crippen LogP contribution >= 0.6 is 0 Å². The molecule has 1 atom stereocenters. The molecule has 9 nitrogen and oxygen atoms in total. The molecular weight excluding hydrogens is 449 g/mol. The normalized spacial score (nSPS) is 15.8. The molecule has 0 saturated heterocycles. The molecule has 1 aliphatic heterocycles. The second-order valence-corrected chi connectivity index (χ2v) is 8.32. The van der Waals surface area contributed by atoms with Crippen molar-refractivity contribution in [3.8, 4) is 0 Å². The lowest BCUT2D eigenvalue weighted by Gasteiger charge is -2.32. The van der Waals surface area contributed by atoms with Crippen molar-refractivity contribution in [2.45, 2.75) is 53.0 Å². The number of nitrogens with one attached hydrogen (secondary N) is 2. The highest BCUT2D eigenvalue weighted by molar-refractivity contribution is 6.03. The van der Waals surface area contributed by atoms with Crippen molar-refractivity contribution in [1.82, 2.24) is 24.7 Å². The SMILES string of the molecule is Cc1nn(Cc2ccc(C(F)(F)F)nc2)c(C)c1CNc1nc(C)c2c(n1)N(C)[C@@H](C)C(=O)N2. The number of amides is 1. The van der Waals surface area contributed by atoms with Crippen molar-refractivity contribution < 1.29 is 18.0 Å². The van der Waals surface area contributed by atoms with Gasteiger partial charge in [-0.3, -0.25) is 14.5 Å². The Morgan fingerprint density at radius 1 is 1.15 bits per heavy atom. The first-order valence-corrected chi connectivity index (χ1v) is 10.7. The molecule has 0 bridgehead atoms. The molecule has 1 aliphatic rings. The van der Waals surface area contributed by atoms with E-state index in [1.165, 1.54) is 12.3 Å². The van der Waals surface area contributed by atoms with Crippen LogP contribution in [0.25, 0.3) is 0 Å². The van der Waals surface area contributed by atoms with E-state index in [-0.39, 0.29) is 11.9 Å². The van der Waals surface area contributed by atoms with Crippen LogP contribution in [0.4, 0.5) is 30.6 Å². The van der Waals surface area contributed by atoms with Crippen LogP contribution in [0.2, 0.25) is 0 Å². The van der Waals surface area contributed by atoms with Gasteiger partial charge in [0.2, 0.25) is 11.9 Å². The van der Waals surface area contributed by atoms with Crippen molar-refractivity contribution in [2.24, 2.45) is 0 Å². The first-order valence-electron chi connectivity index (χ1n) is 10.7. The smallest absolute Gasteiger partial charge is 0.350 e. The number of alkyl halides is 3. The number of aromatic nitrogens is 5. The van der Waals surface area contributed by atoms with E-state index in [1.54, 1.807) is 16.5 Å². The number of pyridine rings is 1. The summed E-state index contributed by atoms with van der Waals surface area (Å²) in [5.41, 5.74) is 3.55.